The summed E-state index contributed by atoms with van der Waals surface area (Å²) >= 11 is 0. The molecular formula is C16H14N2O3. The number of nitrogens with one attached hydrogen (secondary N) is 1. The lowest BCUT2D eigenvalue weighted by Gasteiger charge is -2.29. The Balaban J connectivity index is 2.05. The molecule has 2 heterocycles. The molecule has 0 bridgehead atoms. The number of anilines is 1. The average Bonchev–Trinajstić information content (AvgIpc) is 2.73. The van der Waals surface area contributed by atoms with Crippen LogP contribution in [0.1, 0.15) is 18.4 Å². The fourth-order valence-corrected chi connectivity index (χ4v) is 2.78. The molecule has 5 heteroatoms. The molecule has 0 radical (unpaired) electrons. The zero-order valence-corrected chi connectivity index (χ0v) is 11.3. The van der Waals surface area contributed by atoms with E-state index in [1.165, 1.54) is 4.90 Å². The van der Waals surface area contributed by atoms with Crippen LogP contribution in [0.25, 0.3) is 5.57 Å². The topological polar surface area (TPSA) is 66.5 Å². The van der Waals surface area contributed by atoms with E-state index in [0.29, 0.717) is 17.7 Å². The fourth-order valence-electron chi connectivity index (χ4n) is 2.78. The molecule has 5 nitrogen and oxygen atoms in total. The molecule has 1 N–H and O–H groups in total. The van der Waals surface area contributed by atoms with Gasteiger partial charge in [0.1, 0.15) is 6.04 Å². The van der Waals surface area contributed by atoms with Crippen LogP contribution in [-0.2, 0) is 14.4 Å². The maximum Gasteiger partial charge on any atom is 0.259 e. The summed E-state index contributed by atoms with van der Waals surface area (Å²) in [4.78, 5) is 37.4. The van der Waals surface area contributed by atoms with Crippen LogP contribution in [-0.4, -0.2) is 23.8 Å². The molecule has 3 amide bonds. The van der Waals surface area contributed by atoms with Crippen molar-refractivity contribution in [1.29, 1.82) is 0 Å². The van der Waals surface area contributed by atoms with E-state index in [1.54, 1.807) is 18.2 Å². The van der Waals surface area contributed by atoms with Gasteiger partial charge in [0.05, 0.1) is 5.69 Å². The summed E-state index contributed by atoms with van der Waals surface area (Å²) in [5.41, 5.74) is 2.00. The van der Waals surface area contributed by atoms with E-state index in [2.05, 4.69) is 11.9 Å². The lowest BCUT2D eigenvalue weighted by Crippen LogP contribution is -2.53. The molecule has 0 saturated carbocycles. The van der Waals surface area contributed by atoms with Crippen molar-refractivity contribution in [3.8, 4) is 0 Å². The average molecular weight is 282 g/mol. The fraction of sp³-hybridized carbons (Fsp3) is 0.188. The minimum absolute atomic E-state index is 0.231. The van der Waals surface area contributed by atoms with E-state index in [1.807, 2.05) is 18.2 Å². The van der Waals surface area contributed by atoms with Crippen LogP contribution < -0.4 is 10.2 Å². The van der Waals surface area contributed by atoms with Crippen LogP contribution in [0, 0.1) is 0 Å². The van der Waals surface area contributed by atoms with Gasteiger partial charge in [0, 0.05) is 17.6 Å². The van der Waals surface area contributed by atoms with E-state index in [4.69, 9.17) is 0 Å². The van der Waals surface area contributed by atoms with Gasteiger partial charge in [-0.2, -0.15) is 0 Å². The molecule has 0 spiro atoms. The summed E-state index contributed by atoms with van der Waals surface area (Å²) in [6.07, 6.45) is 3.78. The van der Waals surface area contributed by atoms with Gasteiger partial charge in [-0.3, -0.25) is 24.6 Å². The number of imide groups is 1. The van der Waals surface area contributed by atoms with Gasteiger partial charge in [-0.25, -0.2) is 0 Å². The lowest BCUT2D eigenvalue weighted by molar-refractivity contribution is -0.135. The summed E-state index contributed by atoms with van der Waals surface area (Å²) < 4.78 is 0. The third-order valence-electron chi connectivity index (χ3n) is 3.71. The third kappa shape index (κ3) is 2.07. The van der Waals surface area contributed by atoms with Crippen molar-refractivity contribution in [2.45, 2.75) is 18.9 Å². The number of carbonyl (C=O) groups excluding carboxylic acids is 3. The third-order valence-corrected chi connectivity index (χ3v) is 3.71. The van der Waals surface area contributed by atoms with Gasteiger partial charge < -0.3 is 0 Å². The van der Waals surface area contributed by atoms with Crippen LogP contribution in [0.4, 0.5) is 5.69 Å². The Morgan fingerprint density at radius 1 is 1.24 bits per heavy atom. The Bertz CT molecular complexity index is 691. The minimum Gasteiger partial charge on any atom is -0.295 e. The SMILES string of the molecule is C=C/C=C1/C(=O)N(C2CCC(=O)NC2=O)c2ccccc21. The van der Waals surface area contributed by atoms with Crippen LogP contribution in [0.15, 0.2) is 43.0 Å². The number of carbonyl (C=O) groups is 3. The molecular weight excluding hydrogens is 268 g/mol. The largest absolute Gasteiger partial charge is 0.295 e. The van der Waals surface area contributed by atoms with Gasteiger partial charge in [0.25, 0.3) is 5.91 Å². The van der Waals surface area contributed by atoms with Gasteiger partial charge in [0.2, 0.25) is 11.8 Å². The van der Waals surface area contributed by atoms with E-state index in [9.17, 15) is 14.4 Å². The molecule has 2 aliphatic rings. The summed E-state index contributed by atoms with van der Waals surface area (Å²) in [7, 11) is 0. The van der Waals surface area contributed by atoms with E-state index >= 15 is 0 Å². The number of hydrogen-bond donors (Lipinski definition) is 1. The Hall–Kier alpha value is -2.69. The van der Waals surface area contributed by atoms with Crippen molar-refractivity contribution in [2.75, 3.05) is 4.90 Å². The number of benzene rings is 1. The van der Waals surface area contributed by atoms with Crippen molar-refractivity contribution in [1.82, 2.24) is 5.32 Å². The second-order valence-electron chi connectivity index (χ2n) is 4.98. The molecule has 1 aromatic rings. The molecule has 0 aliphatic carbocycles. The molecule has 21 heavy (non-hydrogen) atoms. The number of allylic oxidation sites excluding steroid dienone is 2. The number of amides is 3. The highest BCUT2D eigenvalue weighted by Crippen LogP contribution is 2.38. The second-order valence-corrected chi connectivity index (χ2v) is 4.98. The minimum atomic E-state index is -0.646. The van der Waals surface area contributed by atoms with Crippen LogP contribution >= 0.6 is 0 Å². The number of rotatable bonds is 2. The van der Waals surface area contributed by atoms with Crippen molar-refractivity contribution < 1.29 is 14.4 Å². The quantitative estimate of drug-likeness (QED) is 0.659. The smallest absolute Gasteiger partial charge is 0.259 e. The Kier molecular flexibility index (Phi) is 3.17. The molecule has 1 fully saturated rings. The Morgan fingerprint density at radius 2 is 2.00 bits per heavy atom. The molecule has 2 aliphatic heterocycles. The van der Waals surface area contributed by atoms with Crippen molar-refractivity contribution in [3.05, 3.63) is 48.6 Å². The first kappa shape index (κ1) is 13.3. The van der Waals surface area contributed by atoms with Gasteiger partial charge in [-0.1, -0.05) is 30.9 Å². The highest BCUT2D eigenvalue weighted by molar-refractivity contribution is 6.34. The summed E-state index contributed by atoms with van der Waals surface area (Å²) in [5, 5.41) is 2.29. The lowest BCUT2D eigenvalue weighted by atomic mass is 10.0. The Morgan fingerprint density at radius 3 is 2.71 bits per heavy atom. The van der Waals surface area contributed by atoms with Crippen LogP contribution in [0.2, 0.25) is 0 Å². The zero-order chi connectivity index (χ0) is 15.0. The van der Waals surface area contributed by atoms with E-state index < -0.39 is 11.9 Å². The monoisotopic (exact) mass is 282 g/mol. The standard InChI is InChI=1S/C16H14N2O3/c1-2-5-11-10-6-3-4-7-12(10)18(16(11)21)13-8-9-14(19)17-15(13)20/h2-7,13H,1,8-9H2,(H,17,19,20)/b11-5+. The molecule has 3 rings (SSSR count). The molecule has 1 saturated heterocycles. The van der Waals surface area contributed by atoms with E-state index in [-0.39, 0.29) is 18.2 Å². The van der Waals surface area contributed by atoms with E-state index in [0.717, 1.165) is 5.56 Å². The number of hydrogen-bond acceptors (Lipinski definition) is 3. The molecule has 106 valence electrons. The van der Waals surface area contributed by atoms with Crippen molar-refractivity contribution >= 4 is 29.0 Å². The molecule has 1 unspecified atom stereocenters. The highest BCUT2D eigenvalue weighted by Gasteiger charge is 2.41. The summed E-state index contributed by atoms with van der Waals surface area (Å²) in [6.45, 7) is 3.62. The number of piperidine rings is 1. The normalized spacial score (nSPS) is 23.2. The number of para-hydroxylation sites is 1. The molecule has 1 aromatic carbocycles. The first-order valence-electron chi connectivity index (χ1n) is 6.73. The van der Waals surface area contributed by atoms with Crippen molar-refractivity contribution in [2.24, 2.45) is 0 Å². The van der Waals surface area contributed by atoms with Gasteiger partial charge >= 0.3 is 0 Å². The second kappa shape index (κ2) is 5.01. The summed E-state index contributed by atoms with van der Waals surface area (Å²) in [5.74, 6) is -0.946. The predicted molar refractivity (Wildman–Crippen MR) is 78.3 cm³/mol. The Labute approximate surface area is 121 Å². The molecule has 1 atom stereocenters. The molecule has 0 aromatic heterocycles. The van der Waals surface area contributed by atoms with Crippen molar-refractivity contribution in [3.63, 3.8) is 0 Å². The van der Waals surface area contributed by atoms with Gasteiger partial charge in [-0.15, -0.1) is 0 Å². The number of fused-ring (bicyclic) bond motifs is 1. The zero-order valence-electron chi connectivity index (χ0n) is 11.3. The van der Waals surface area contributed by atoms with Gasteiger partial charge in [0.15, 0.2) is 0 Å². The number of nitrogens with zero attached hydrogens (tertiary/aromatic N) is 1. The maximum absolute atomic E-state index is 12.6. The van der Waals surface area contributed by atoms with Crippen LogP contribution in [0.5, 0.6) is 0 Å². The summed E-state index contributed by atoms with van der Waals surface area (Å²) in [6, 6.07) is 6.67. The first-order valence-corrected chi connectivity index (χ1v) is 6.73. The predicted octanol–water partition coefficient (Wildman–Crippen LogP) is 1.41. The van der Waals surface area contributed by atoms with Gasteiger partial charge in [-0.05, 0) is 18.6 Å². The highest BCUT2D eigenvalue weighted by atomic mass is 16.2. The maximum atomic E-state index is 12.6. The first-order chi connectivity index (χ1) is 10.1. The van der Waals surface area contributed by atoms with Crippen LogP contribution in [0.3, 0.4) is 0 Å².